The fourth-order valence-corrected chi connectivity index (χ4v) is 3.22. The van der Waals surface area contributed by atoms with Crippen molar-refractivity contribution in [1.82, 2.24) is 0 Å². The Bertz CT molecular complexity index is 1200. The van der Waals surface area contributed by atoms with Crippen LogP contribution in [-0.4, -0.2) is 18.3 Å². The first-order valence-corrected chi connectivity index (χ1v) is 9.74. The number of nitrogens with one attached hydrogen (secondary N) is 1. The molecule has 0 radical (unpaired) electrons. The summed E-state index contributed by atoms with van der Waals surface area (Å²) in [6.45, 7) is 4.41. The zero-order chi connectivity index (χ0) is 21.1. The lowest BCUT2D eigenvalue weighted by atomic mass is 10.1. The van der Waals surface area contributed by atoms with Gasteiger partial charge in [-0.3, -0.25) is 9.59 Å². The van der Waals surface area contributed by atoms with Crippen LogP contribution in [0.25, 0.3) is 11.0 Å². The van der Waals surface area contributed by atoms with Crippen LogP contribution in [0.15, 0.2) is 77.2 Å². The lowest BCUT2D eigenvalue weighted by Gasteiger charge is -2.08. The average Bonchev–Trinajstić information content (AvgIpc) is 3.13. The number of anilines is 1. The van der Waals surface area contributed by atoms with Crippen molar-refractivity contribution >= 4 is 28.3 Å². The number of aryl methyl sites for hydroxylation is 1. The standard InChI is InChI=1S/C25H21NO4/c1-3-29-19-14-12-18(13-15-19)25(28)26-22-20-6-4-5-7-21(20)30-24(22)23(27)17-10-8-16(2)9-11-17/h4-15H,3H2,1-2H3,(H,26,28). The summed E-state index contributed by atoms with van der Waals surface area (Å²) in [5.74, 6) is 0.188. The molecule has 150 valence electrons. The van der Waals surface area contributed by atoms with Gasteiger partial charge in [-0.1, -0.05) is 42.0 Å². The Hall–Kier alpha value is -3.86. The van der Waals surface area contributed by atoms with Gasteiger partial charge in [0.05, 0.1) is 12.3 Å². The van der Waals surface area contributed by atoms with E-state index in [-0.39, 0.29) is 17.5 Å². The van der Waals surface area contributed by atoms with Gasteiger partial charge >= 0.3 is 0 Å². The summed E-state index contributed by atoms with van der Waals surface area (Å²) in [5, 5.41) is 3.54. The van der Waals surface area contributed by atoms with E-state index in [9.17, 15) is 9.59 Å². The molecule has 1 N–H and O–H groups in total. The van der Waals surface area contributed by atoms with Crippen LogP contribution in [0.5, 0.6) is 5.75 Å². The van der Waals surface area contributed by atoms with Crippen molar-refractivity contribution in [3.05, 3.63) is 95.2 Å². The molecular weight excluding hydrogens is 378 g/mol. The van der Waals surface area contributed by atoms with Crippen molar-refractivity contribution in [2.45, 2.75) is 13.8 Å². The van der Waals surface area contributed by atoms with E-state index in [1.807, 2.05) is 44.2 Å². The van der Waals surface area contributed by atoms with Gasteiger partial charge in [0.2, 0.25) is 5.78 Å². The molecule has 0 bridgehead atoms. The van der Waals surface area contributed by atoms with Crippen molar-refractivity contribution in [2.24, 2.45) is 0 Å². The van der Waals surface area contributed by atoms with Crippen LogP contribution in [0.4, 0.5) is 5.69 Å². The summed E-state index contributed by atoms with van der Waals surface area (Å²) in [6, 6.07) is 21.3. The second-order valence-corrected chi connectivity index (χ2v) is 6.91. The van der Waals surface area contributed by atoms with E-state index in [0.717, 1.165) is 5.56 Å². The van der Waals surface area contributed by atoms with Gasteiger partial charge in [-0.25, -0.2) is 0 Å². The smallest absolute Gasteiger partial charge is 0.255 e. The van der Waals surface area contributed by atoms with Gasteiger partial charge in [-0.05, 0) is 50.2 Å². The average molecular weight is 399 g/mol. The predicted molar refractivity (Wildman–Crippen MR) is 116 cm³/mol. The number of hydrogen-bond donors (Lipinski definition) is 1. The highest BCUT2D eigenvalue weighted by molar-refractivity contribution is 6.18. The molecule has 5 heteroatoms. The monoisotopic (exact) mass is 399 g/mol. The molecule has 0 saturated heterocycles. The maximum atomic E-state index is 13.1. The van der Waals surface area contributed by atoms with Gasteiger partial charge in [-0.2, -0.15) is 0 Å². The first-order valence-electron chi connectivity index (χ1n) is 9.74. The Morgan fingerprint density at radius 1 is 0.900 bits per heavy atom. The first kappa shape index (κ1) is 19.5. The van der Waals surface area contributed by atoms with Crippen molar-refractivity contribution in [1.29, 1.82) is 0 Å². The van der Waals surface area contributed by atoms with Gasteiger partial charge in [-0.15, -0.1) is 0 Å². The van der Waals surface area contributed by atoms with E-state index in [0.29, 0.717) is 40.1 Å². The zero-order valence-corrected chi connectivity index (χ0v) is 16.8. The van der Waals surface area contributed by atoms with Crippen LogP contribution in [0, 0.1) is 6.92 Å². The number of carbonyl (C=O) groups is 2. The third kappa shape index (κ3) is 3.82. The Morgan fingerprint density at radius 3 is 2.27 bits per heavy atom. The quantitative estimate of drug-likeness (QED) is 0.427. The van der Waals surface area contributed by atoms with E-state index in [1.165, 1.54) is 0 Å². The number of ether oxygens (including phenoxy) is 1. The molecule has 5 nitrogen and oxygen atoms in total. The van der Waals surface area contributed by atoms with Crippen LogP contribution in [-0.2, 0) is 0 Å². The third-order valence-electron chi connectivity index (χ3n) is 4.78. The van der Waals surface area contributed by atoms with Crippen molar-refractivity contribution in [2.75, 3.05) is 11.9 Å². The van der Waals surface area contributed by atoms with E-state index in [1.54, 1.807) is 42.5 Å². The van der Waals surface area contributed by atoms with Crippen LogP contribution in [0.1, 0.15) is 39.0 Å². The molecule has 0 spiro atoms. The maximum Gasteiger partial charge on any atom is 0.255 e. The minimum absolute atomic E-state index is 0.110. The second kappa shape index (κ2) is 8.25. The van der Waals surface area contributed by atoms with Crippen molar-refractivity contribution in [3.8, 4) is 5.75 Å². The Labute approximate surface area is 174 Å². The number of ketones is 1. The van der Waals surface area contributed by atoms with Gasteiger partial charge in [0, 0.05) is 16.5 Å². The molecule has 1 amide bonds. The highest BCUT2D eigenvalue weighted by Gasteiger charge is 2.23. The molecule has 0 saturated carbocycles. The summed E-state index contributed by atoms with van der Waals surface area (Å²) >= 11 is 0. The van der Waals surface area contributed by atoms with Crippen molar-refractivity contribution < 1.29 is 18.7 Å². The normalized spacial score (nSPS) is 10.7. The van der Waals surface area contributed by atoms with E-state index in [4.69, 9.17) is 9.15 Å². The third-order valence-corrected chi connectivity index (χ3v) is 4.78. The molecular formula is C25H21NO4. The molecule has 30 heavy (non-hydrogen) atoms. The van der Waals surface area contributed by atoms with E-state index >= 15 is 0 Å². The topological polar surface area (TPSA) is 68.5 Å². The Balaban J connectivity index is 1.70. The predicted octanol–water partition coefficient (Wildman–Crippen LogP) is 5.62. The number of hydrogen-bond acceptors (Lipinski definition) is 4. The number of amides is 1. The fraction of sp³-hybridized carbons (Fsp3) is 0.120. The Morgan fingerprint density at radius 2 is 1.57 bits per heavy atom. The lowest BCUT2D eigenvalue weighted by molar-refractivity contribution is 0.101. The first-order chi connectivity index (χ1) is 14.6. The highest BCUT2D eigenvalue weighted by Crippen LogP contribution is 2.33. The molecule has 0 aliphatic heterocycles. The largest absolute Gasteiger partial charge is 0.494 e. The minimum atomic E-state index is -0.331. The second-order valence-electron chi connectivity index (χ2n) is 6.91. The maximum absolute atomic E-state index is 13.1. The summed E-state index contributed by atoms with van der Waals surface area (Å²) in [7, 11) is 0. The van der Waals surface area contributed by atoms with Crippen LogP contribution in [0.2, 0.25) is 0 Å². The van der Waals surface area contributed by atoms with E-state index in [2.05, 4.69) is 5.32 Å². The van der Waals surface area contributed by atoms with Crippen LogP contribution in [0.3, 0.4) is 0 Å². The molecule has 0 fully saturated rings. The summed E-state index contributed by atoms with van der Waals surface area (Å²) < 4.78 is 11.3. The molecule has 0 unspecified atom stereocenters. The van der Waals surface area contributed by atoms with Crippen LogP contribution >= 0.6 is 0 Å². The van der Waals surface area contributed by atoms with E-state index < -0.39 is 0 Å². The van der Waals surface area contributed by atoms with Gasteiger partial charge in [0.1, 0.15) is 11.3 Å². The Kier molecular flexibility index (Phi) is 5.35. The van der Waals surface area contributed by atoms with Gasteiger partial charge < -0.3 is 14.5 Å². The molecule has 1 heterocycles. The number of furan rings is 1. The summed E-state index contributed by atoms with van der Waals surface area (Å²) in [5.41, 5.74) is 2.92. The number of benzene rings is 3. The fourth-order valence-electron chi connectivity index (χ4n) is 3.22. The molecule has 1 aromatic heterocycles. The van der Waals surface area contributed by atoms with Gasteiger partial charge in [0.15, 0.2) is 5.76 Å². The number of para-hydroxylation sites is 1. The highest BCUT2D eigenvalue weighted by atomic mass is 16.5. The number of fused-ring (bicyclic) bond motifs is 1. The number of carbonyl (C=O) groups excluding carboxylic acids is 2. The molecule has 4 rings (SSSR count). The summed E-state index contributed by atoms with van der Waals surface area (Å²) in [6.07, 6.45) is 0. The summed E-state index contributed by atoms with van der Waals surface area (Å²) in [4.78, 5) is 26.0. The zero-order valence-electron chi connectivity index (χ0n) is 16.8. The molecule has 0 atom stereocenters. The molecule has 0 aliphatic rings. The lowest BCUT2D eigenvalue weighted by Crippen LogP contribution is -2.14. The molecule has 4 aromatic rings. The molecule has 3 aromatic carbocycles. The SMILES string of the molecule is CCOc1ccc(C(=O)Nc2c(C(=O)c3ccc(C)cc3)oc3ccccc23)cc1. The van der Waals surface area contributed by atoms with Crippen molar-refractivity contribution in [3.63, 3.8) is 0 Å². The minimum Gasteiger partial charge on any atom is -0.494 e. The number of rotatable bonds is 6. The molecule has 0 aliphatic carbocycles. The van der Waals surface area contributed by atoms with Gasteiger partial charge in [0.25, 0.3) is 5.91 Å². The van der Waals surface area contributed by atoms with Crippen LogP contribution < -0.4 is 10.1 Å².